The molecule has 19 heavy (non-hydrogen) atoms. The molecule has 2 aromatic rings. The Kier molecular flexibility index (Phi) is 3.17. The summed E-state index contributed by atoms with van der Waals surface area (Å²) in [7, 11) is 0. The molecule has 1 fully saturated rings. The number of rotatable bonds is 5. The normalized spacial score (nSPS) is 21.3. The molecule has 0 saturated heterocycles. The minimum Gasteiger partial charge on any atom is -0.335 e. The third-order valence-corrected chi connectivity index (χ3v) is 3.63. The monoisotopic (exact) mass is 255 g/mol. The molecule has 1 heterocycles. The van der Waals surface area contributed by atoms with Gasteiger partial charge in [0.05, 0.1) is 6.33 Å². The second-order valence-electron chi connectivity index (χ2n) is 5.01. The van der Waals surface area contributed by atoms with Crippen molar-refractivity contribution in [2.75, 3.05) is 6.54 Å². The van der Waals surface area contributed by atoms with E-state index in [-0.39, 0.29) is 11.7 Å². The lowest BCUT2D eigenvalue weighted by atomic mass is 10.1. The van der Waals surface area contributed by atoms with Crippen LogP contribution in [0, 0.1) is 5.92 Å². The van der Waals surface area contributed by atoms with E-state index in [1.807, 2.05) is 22.8 Å². The molecule has 1 saturated carbocycles. The number of imidazole rings is 1. The van der Waals surface area contributed by atoms with Crippen molar-refractivity contribution < 1.29 is 4.79 Å². The highest BCUT2D eigenvalue weighted by atomic mass is 16.1. The smallest absolute Gasteiger partial charge is 0.186 e. The van der Waals surface area contributed by atoms with Gasteiger partial charge in [-0.3, -0.25) is 4.79 Å². The van der Waals surface area contributed by atoms with Crippen molar-refractivity contribution in [3.63, 3.8) is 0 Å². The van der Waals surface area contributed by atoms with Gasteiger partial charge < -0.3 is 10.3 Å². The van der Waals surface area contributed by atoms with E-state index in [4.69, 9.17) is 5.73 Å². The van der Waals surface area contributed by atoms with Gasteiger partial charge in [0.25, 0.3) is 0 Å². The van der Waals surface area contributed by atoms with E-state index in [1.165, 1.54) is 5.56 Å². The summed E-state index contributed by atoms with van der Waals surface area (Å²) in [5, 5.41) is 0. The fraction of sp³-hybridized carbons (Fsp3) is 0.333. The molecule has 4 heteroatoms. The second kappa shape index (κ2) is 4.97. The summed E-state index contributed by atoms with van der Waals surface area (Å²) < 4.78 is 1.87. The molecule has 1 aliphatic carbocycles. The molecule has 2 atom stereocenters. The molecule has 1 aliphatic rings. The fourth-order valence-electron chi connectivity index (χ4n) is 2.50. The maximum absolute atomic E-state index is 12.3. The van der Waals surface area contributed by atoms with E-state index in [9.17, 15) is 4.79 Å². The highest BCUT2D eigenvalue weighted by molar-refractivity contribution is 5.98. The molecule has 2 unspecified atom stereocenters. The molecule has 1 aromatic heterocycles. The third-order valence-electron chi connectivity index (χ3n) is 3.63. The Morgan fingerprint density at radius 2 is 2.16 bits per heavy atom. The summed E-state index contributed by atoms with van der Waals surface area (Å²) in [5.74, 6) is 0.626. The summed E-state index contributed by atoms with van der Waals surface area (Å²) in [5.41, 5.74) is 7.30. The zero-order valence-corrected chi connectivity index (χ0v) is 10.7. The van der Waals surface area contributed by atoms with Gasteiger partial charge in [-0.05, 0) is 17.9 Å². The van der Waals surface area contributed by atoms with Crippen LogP contribution in [0.15, 0.2) is 42.9 Å². The van der Waals surface area contributed by atoms with Crippen LogP contribution in [-0.2, 0) is 6.54 Å². The zero-order valence-electron chi connectivity index (χ0n) is 10.7. The lowest BCUT2D eigenvalue weighted by Crippen LogP contribution is -2.08. The molecule has 2 N–H and O–H groups in total. The maximum atomic E-state index is 12.3. The van der Waals surface area contributed by atoms with E-state index in [0.29, 0.717) is 24.7 Å². The highest BCUT2D eigenvalue weighted by Crippen LogP contribution is 2.48. The molecule has 98 valence electrons. The van der Waals surface area contributed by atoms with Gasteiger partial charge >= 0.3 is 0 Å². The van der Waals surface area contributed by atoms with Crippen LogP contribution in [-0.4, -0.2) is 21.9 Å². The van der Waals surface area contributed by atoms with Crippen molar-refractivity contribution in [1.82, 2.24) is 9.55 Å². The summed E-state index contributed by atoms with van der Waals surface area (Å²) in [6.45, 7) is 1.26. The van der Waals surface area contributed by atoms with Crippen molar-refractivity contribution >= 4 is 5.78 Å². The van der Waals surface area contributed by atoms with Gasteiger partial charge in [-0.15, -0.1) is 0 Å². The molecule has 3 rings (SSSR count). The Labute approximate surface area is 112 Å². The van der Waals surface area contributed by atoms with E-state index >= 15 is 0 Å². The van der Waals surface area contributed by atoms with Crippen molar-refractivity contribution in [3.05, 3.63) is 54.1 Å². The summed E-state index contributed by atoms with van der Waals surface area (Å²) >= 11 is 0. The quantitative estimate of drug-likeness (QED) is 0.829. The minimum absolute atomic E-state index is 0.101. The number of ketones is 1. The minimum atomic E-state index is 0.101. The van der Waals surface area contributed by atoms with Crippen LogP contribution in [0.1, 0.15) is 28.4 Å². The van der Waals surface area contributed by atoms with Gasteiger partial charge in [-0.2, -0.15) is 0 Å². The first-order valence-corrected chi connectivity index (χ1v) is 6.60. The van der Waals surface area contributed by atoms with Crippen LogP contribution in [0.2, 0.25) is 0 Å². The van der Waals surface area contributed by atoms with Gasteiger partial charge in [-0.25, -0.2) is 4.98 Å². The molecule has 0 aliphatic heterocycles. The number of Topliss-reactive ketones (excluding diaryl/α,β-unsaturated/α-hetero) is 1. The van der Waals surface area contributed by atoms with Gasteiger partial charge in [0.1, 0.15) is 5.69 Å². The first-order chi connectivity index (χ1) is 9.29. The molecular formula is C15H17N3O. The number of hydrogen-bond donors (Lipinski definition) is 1. The van der Waals surface area contributed by atoms with Gasteiger partial charge in [-0.1, -0.05) is 30.3 Å². The van der Waals surface area contributed by atoms with Crippen LogP contribution < -0.4 is 5.73 Å². The maximum Gasteiger partial charge on any atom is 0.186 e. The zero-order chi connectivity index (χ0) is 13.2. The van der Waals surface area contributed by atoms with Crippen molar-refractivity contribution in [2.45, 2.75) is 18.9 Å². The van der Waals surface area contributed by atoms with Gasteiger partial charge in [0, 0.05) is 25.2 Å². The number of nitrogens with zero attached hydrogens (tertiary/aromatic N) is 2. The van der Waals surface area contributed by atoms with Crippen molar-refractivity contribution in [3.8, 4) is 0 Å². The standard InChI is InChI=1S/C15H17N3O/c16-6-7-18-9-14(17-10-18)15(19)13-8-12(13)11-4-2-1-3-5-11/h1-5,9-10,12-13H,6-8,16H2. The molecule has 1 aromatic carbocycles. The third kappa shape index (κ3) is 2.44. The van der Waals surface area contributed by atoms with E-state index < -0.39 is 0 Å². The lowest BCUT2D eigenvalue weighted by molar-refractivity contribution is 0.0960. The fourth-order valence-corrected chi connectivity index (χ4v) is 2.50. The van der Waals surface area contributed by atoms with E-state index in [2.05, 4.69) is 17.1 Å². The van der Waals surface area contributed by atoms with E-state index in [1.54, 1.807) is 12.5 Å². The molecule has 0 bridgehead atoms. The first-order valence-electron chi connectivity index (χ1n) is 6.60. The Bertz CT molecular complexity index is 576. The number of carbonyl (C=O) groups excluding carboxylic acids is 1. The van der Waals surface area contributed by atoms with Crippen LogP contribution in [0.25, 0.3) is 0 Å². The second-order valence-corrected chi connectivity index (χ2v) is 5.01. The van der Waals surface area contributed by atoms with E-state index in [0.717, 1.165) is 6.42 Å². The Morgan fingerprint density at radius 1 is 1.37 bits per heavy atom. The van der Waals surface area contributed by atoms with Crippen molar-refractivity contribution in [2.24, 2.45) is 11.7 Å². The van der Waals surface area contributed by atoms with Crippen LogP contribution in [0.3, 0.4) is 0 Å². The van der Waals surface area contributed by atoms with Crippen LogP contribution in [0.4, 0.5) is 0 Å². The molecule has 0 spiro atoms. The summed E-state index contributed by atoms with van der Waals surface area (Å²) in [6.07, 6.45) is 4.42. The number of nitrogens with two attached hydrogens (primary N) is 1. The predicted molar refractivity (Wildman–Crippen MR) is 72.9 cm³/mol. The Hall–Kier alpha value is -1.94. The number of aromatic nitrogens is 2. The first kappa shape index (κ1) is 12.1. The molecule has 0 amide bonds. The summed E-state index contributed by atoms with van der Waals surface area (Å²) in [4.78, 5) is 16.5. The predicted octanol–water partition coefficient (Wildman–Crippen LogP) is 1.83. The number of carbonyl (C=O) groups is 1. The molecule has 0 radical (unpaired) electrons. The Balaban J connectivity index is 1.69. The number of benzene rings is 1. The largest absolute Gasteiger partial charge is 0.335 e. The highest BCUT2D eigenvalue weighted by Gasteiger charge is 2.44. The van der Waals surface area contributed by atoms with Gasteiger partial charge in [0.2, 0.25) is 0 Å². The summed E-state index contributed by atoms with van der Waals surface area (Å²) in [6, 6.07) is 10.2. The molecule has 4 nitrogen and oxygen atoms in total. The van der Waals surface area contributed by atoms with Crippen LogP contribution in [0.5, 0.6) is 0 Å². The topological polar surface area (TPSA) is 60.9 Å². The average molecular weight is 255 g/mol. The molecular weight excluding hydrogens is 238 g/mol. The number of hydrogen-bond acceptors (Lipinski definition) is 3. The van der Waals surface area contributed by atoms with Crippen LogP contribution >= 0.6 is 0 Å². The van der Waals surface area contributed by atoms with Gasteiger partial charge in [0.15, 0.2) is 5.78 Å². The average Bonchev–Trinajstić information content (AvgIpc) is 3.12. The Morgan fingerprint density at radius 3 is 2.89 bits per heavy atom. The SMILES string of the molecule is NCCn1cnc(C(=O)C2CC2c2ccccc2)c1. The van der Waals surface area contributed by atoms with Crippen molar-refractivity contribution in [1.29, 1.82) is 0 Å². The lowest BCUT2D eigenvalue weighted by Gasteiger charge is -1.98.